The Bertz CT molecular complexity index is 562. The van der Waals surface area contributed by atoms with Crippen LogP contribution in [0.3, 0.4) is 0 Å². The van der Waals surface area contributed by atoms with E-state index in [1.165, 1.54) is 0 Å². The second kappa shape index (κ2) is 4.61. The SMILES string of the molecule is CCC1C(=O)NC(C2CC2)C(=O)N1c1cn(C)nc1C. The minimum atomic E-state index is -0.430. The second-order valence-electron chi connectivity index (χ2n) is 5.73. The van der Waals surface area contributed by atoms with Crippen molar-refractivity contribution in [1.29, 1.82) is 0 Å². The quantitative estimate of drug-likeness (QED) is 0.886. The number of amides is 2. The summed E-state index contributed by atoms with van der Waals surface area (Å²) in [4.78, 5) is 26.7. The molecule has 1 aliphatic carbocycles. The van der Waals surface area contributed by atoms with E-state index >= 15 is 0 Å². The van der Waals surface area contributed by atoms with Crippen LogP contribution >= 0.6 is 0 Å². The van der Waals surface area contributed by atoms with Gasteiger partial charge in [-0.3, -0.25) is 19.2 Å². The fourth-order valence-corrected chi connectivity index (χ4v) is 2.96. The monoisotopic (exact) mass is 276 g/mol. The van der Waals surface area contributed by atoms with E-state index in [1.54, 1.807) is 9.58 Å². The van der Waals surface area contributed by atoms with E-state index in [-0.39, 0.29) is 17.9 Å². The molecular formula is C14H20N4O2. The maximum absolute atomic E-state index is 12.8. The van der Waals surface area contributed by atoms with Gasteiger partial charge in [0.1, 0.15) is 12.1 Å². The van der Waals surface area contributed by atoms with Gasteiger partial charge in [0.05, 0.1) is 11.4 Å². The summed E-state index contributed by atoms with van der Waals surface area (Å²) in [6.07, 6.45) is 4.46. The van der Waals surface area contributed by atoms with Gasteiger partial charge in [0.2, 0.25) is 5.91 Å². The predicted octanol–water partition coefficient (Wildman–Crippen LogP) is 0.749. The minimum absolute atomic E-state index is 0.00931. The third kappa shape index (κ3) is 1.99. The number of aryl methyl sites for hydroxylation is 2. The van der Waals surface area contributed by atoms with Crippen molar-refractivity contribution in [3.63, 3.8) is 0 Å². The summed E-state index contributed by atoms with van der Waals surface area (Å²) in [5, 5.41) is 7.19. The van der Waals surface area contributed by atoms with Crippen molar-refractivity contribution in [3.8, 4) is 0 Å². The maximum atomic E-state index is 12.8. The highest BCUT2D eigenvalue weighted by Crippen LogP contribution is 2.37. The summed E-state index contributed by atoms with van der Waals surface area (Å²) in [6.45, 7) is 3.79. The Labute approximate surface area is 118 Å². The van der Waals surface area contributed by atoms with Gasteiger partial charge in [-0.25, -0.2) is 0 Å². The molecule has 108 valence electrons. The lowest BCUT2D eigenvalue weighted by Crippen LogP contribution is -2.64. The van der Waals surface area contributed by atoms with E-state index in [1.807, 2.05) is 27.1 Å². The van der Waals surface area contributed by atoms with Crippen LogP contribution in [0.4, 0.5) is 5.69 Å². The first-order valence-corrected chi connectivity index (χ1v) is 7.16. The number of nitrogens with one attached hydrogen (secondary N) is 1. The van der Waals surface area contributed by atoms with Crippen LogP contribution in [-0.2, 0) is 16.6 Å². The minimum Gasteiger partial charge on any atom is -0.342 e. The number of carbonyl (C=O) groups excluding carboxylic acids is 2. The van der Waals surface area contributed by atoms with Gasteiger partial charge in [0.25, 0.3) is 5.91 Å². The van der Waals surface area contributed by atoms with E-state index in [0.717, 1.165) is 24.2 Å². The molecule has 1 aromatic rings. The summed E-state index contributed by atoms with van der Waals surface area (Å²) in [5.74, 6) is 0.269. The molecule has 1 aromatic heterocycles. The topological polar surface area (TPSA) is 67.2 Å². The summed E-state index contributed by atoms with van der Waals surface area (Å²) >= 11 is 0. The average molecular weight is 276 g/mol. The Morgan fingerprint density at radius 1 is 1.40 bits per heavy atom. The maximum Gasteiger partial charge on any atom is 0.250 e. The fourth-order valence-electron chi connectivity index (χ4n) is 2.96. The fraction of sp³-hybridized carbons (Fsp3) is 0.643. The normalized spacial score (nSPS) is 26.9. The Morgan fingerprint density at radius 2 is 2.10 bits per heavy atom. The molecule has 20 heavy (non-hydrogen) atoms. The number of anilines is 1. The molecule has 1 saturated heterocycles. The van der Waals surface area contributed by atoms with Crippen LogP contribution in [0.5, 0.6) is 0 Å². The van der Waals surface area contributed by atoms with Crippen molar-refractivity contribution in [2.75, 3.05) is 4.90 Å². The van der Waals surface area contributed by atoms with E-state index in [9.17, 15) is 9.59 Å². The van der Waals surface area contributed by atoms with Crippen molar-refractivity contribution >= 4 is 17.5 Å². The predicted molar refractivity (Wildman–Crippen MR) is 74.2 cm³/mol. The number of hydrogen-bond acceptors (Lipinski definition) is 3. The molecule has 0 spiro atoms. The summed E-state index contributed by atoms with van der Waals surface area (Å²) < 4.78 is 1.68. The number of piperazine rings is 1. The molecule has 6 nitrogen and oxygen atoms in total. The Kier molecular flexibility index (Phi) is 3.03. The van der Waals surface area contributed by atoms with Gasteiger partial charge in [0, 0.05) is 13.2 Å². The smallest absolute Gasteiger partial charge is 0.250 e. The van der Waals surface area contributed by atoms with Gasteiger partial charge in [-0.15, -0.1) is 0 Å². The molecule has 6 heteroatoms. The molecule has 1 saturated carbocycles. The van der Waals surface area contributed by atoms with Gasteiger partial charge in [0.15, 0.2) is 0 Å². The van der Waals surface area contributed by atoms with Crippen molar-refractivity contribution in [2.24, 2.45) is 13.0 Å². The molecule has 3 rings (SSSR count). The Balaban J connectivity index is 2.00. The first kappa shape index (κ1) is 13.1. The lowest BCUT2D eigenvalue weighted by atomic mass is 10.0. The van der Waals surface area contributed by atoms with E-state index < -0.39 is 6.04 Å². The van der Waals surface area contributed by atoms with Crippen molar-refractivity contribution in [2.45, 2.75) is 45.2 Å². The van der Waals surface area contributed by atoms with Crippen LogP contribution in [0.25, 0.3) is 0 Å². The zero-order chi connectivity index (χ0) is 14.4. The van der Waals surface area contributed by atoms with Crippen LogP contribution in [0, 0.1) is 12.8 Å². The number of hydrogen-bond donors (Lipinski definition) is 1. The standard InChI is InChI=1S/C14H20N4O2/c1-4-10-13(19)15-12(9-5-6-9)14(20)18(10)11-7-17(3)16-8(11)2/h7,9-10,12H,4-6H2,1-3H3,(H,15,19). The van der Waals surface area contributed by atoms with Gasteiger partial charge >= 0.3 is 0 Å². The van der Waals surface area contributed by atoms with Crippen LogP contribution in [-0.4, -0.2) is 33.7 Å². The van der Waals surface area contributed by atoms with Crippen LogP contribution in [0.2, 0.25) is 0 Å². The highest BCUT2D eigenvalue weighted by Gasteiger charge is 2.47. The summed E-state index contributed by atoms with van der Waals surface area (Å²) in [7, 11) is 1.82. The molecule has 2 aliphatic rings. The van der Waals surface area contributed by atoms with Gasteiger partial charge in [-0.05, 0) is 32.1 Å². The molecular weight excluding hydrogens is 256 g/mol. The first-order valence-electron chi connectivity index (χ1n) is 7.16. The highest BCUT2D eigenvalue weighted by molar-refractivity contribution is 6.08. The van der Waals surface area contributed by atoms with Crippen molar-refractivity contribution < 1.29 is 9.59 Å². The van der Waals surface area contributed by atoms with Crippen molar-refractivity contribution in [1.82, 2.24) is 15.1 Å². The molecule has 2 unspecified atom stereocenters. The molecule has 0 aromatic carbocycles. The van der Waals surface area contributed by atoms with Gasteiger partial charge in [-0.1, -0.05) is 6.92 Å². The second-order valence-corrected chi connectivity index (χ2v) is 5.73. The molecule has 1 N–H and O–H groups in total. The molecule has 0 radical (unpaired) electrons. The van der Waals surface area contributed by atoms with Crippen LogP contribution in [0.1, 0.15) is 31.9 Å². The van der Waals surface area contributed by atoms with Crippen molar-refractivity contribution in [3.05, 3.63) is 11.9 Å². The third-order valence-corrected chi connectivity index (χ3v) is 4.14. The number of aromatic nitrogens is 2. The molecule has 1 aliphatic heterocycles. The van der Waals surface area contributed by atoms with Gasteiger partial charge < -0.3 is 5.32 Å². The first-order chi connectivity index (χ1) is 9.52. The average Bonchev–Trinajstić information content (AvgIpc) is 3.17. The summed E-state index contributed by atoms with van der Waals surface area (Å²) in [6, 6.07) is -0.787. The Morgan fingerprint density at radius 3 is 2.60 bits per heavy atom. The number of carbonyl (C=O) groups is 2. The van der Waals surface area contributed by atoms with Crippen LogP contribution < -0.4 is 10.2 Å². The molecule has 2 atom stereocenters. The molecule has 2 fully saturated rings. The molecule has 2 heterocycles. The molecule has 0 bridgehead atoms. The van der Waals surface area contributed by atoms with E-state index in [4.69, 9.17) is 0 Å². The summed E-state index contributed by atoms with van der Waals surface area (Å²) in [5.41, 5.74) is 1.54. The zero-order valence-electron chi connectivity index (χ0n) is 12.1. The molecule has 2 amide bonds. The highest BCUT2D eigenvalue weighted by atomic mass is 16.2. The number of rotatable bonds is 3. The zero-order valence-corrected chi connectivity index (χ0v) is 12.1. The Hall–Kier alpha value is -1.85. The van der Waals surface area contributed by atoms with E-state index in [0.29, 0.717) is 12.3 Å². The third-order valence-electron chi connectivity index (χ3n) is 4.14. The van der Waals surface area contributed by atoms with Gasteiger partial charge in [-0.2, -0.15) is 5.10 Å². The lowest BCUT2D eigenvalue weighted by molar-refractivity contribution is -0.134. The number of nitrogens with zero attached hydrogens (tertiary/aromatic N) is 3. The lowest BCUT2D eigenvalue weighted by Gasteiger charge is -2.38. The largest absolute Gasteiger partial charge is 0.342 e. The van der Waals surface area contributed by atoms with Crippen LogP contribution in [0.15, 0.2) is 6.20 Å². The van der Waals surface area contributed by atoms with E-state index in [2.05, 4.69) is 10.4 Å².